The van der Waals surface area contributed by atoms with Crippen LogP contribution in [0.3, 0.4) is 0 Å². The van der Waals surface area contributed by atoms with Gasteiger partial charge in [0.2, 0.25) is 0 Å². The van der Waals surface area contributed by atoms with Crippen LogP contribution in [0.1, 0.15) is 50.8 Å². The molecule has 0 radical (unpaired) electrons. The number of carbonyl (C=O) groups is 2. The molecule has 0 aliphatic rings. The maximum atomic E-state index is 11.9. The molecule has 3 N–H and O–H groups in total. The minimum absolute atomic E-state index is 0.0779. The Balaban J connectivity index is 2.64. The maximum absolute atomic E-state index is 11.9. The predicted octanol–water partition coefficient (Wildman–Crippen LogP) is 3.11. The number of hydrogen-bond acceptors (Lipinski definition) is 2. The third-order valence-corrected chi connectivity index (χ3v) is 3.46. The Hall–Kier alpha value is -2.04. The third kappa shape index (κ3) is 6.16. The fourth-order valence-corrected chi connectivity index (χ4v) is 2.29. The van der Waals surface area contributed by atoms with Gasteiger partial charge >= 0.3 is 12.0 Å². The highest BCUT2D eigenvalue weighted by Gasteiger charge is 2.18. The molecule has 5 nitrogen and oxygen atoms in total. The second-order valence-corrected chi connectivity index (χ2v) is 5.76. The van der Waals surface area contributed by atoms with Crippen molar-refractivity contribution in [1.29, 1.82) is 0 Å². The zero-order valence-electron chi connectivity index (χ0n) is 13.6. The Morgan fingerprint density at radius 3 is 2.32 bits per heavy atom. The van der Waals surface area contributed by atoms with Gasteiger partial charge in [0.25, 0.3) is 0 Å². The lowest BCUT2D eigenvalue weighted by molar-refractivity contribution is -0.136. The van der Waals surface area contributed by atoms with Gasteiger partial charge in [-0.15, -0.1) is 0 Å². The van der Waals surface area contributed by atoms with Gasteiger partial charge in [-0.2, -0.15) is 0 Å². The summed E-state index contributed by atoms with van der Waals surface area (Å²) in [5.41, 5.74) is 2.35. The normalized spacial score (nSPS) is 12.0. The molecule has 1 aromatic carbocycles. The summed E-state index contributed by atoms with van der Waals surface area (Å²) >= 11 is 0. The van der Waals surface area contributed by atoms with Crippen molar-refractivity contribution in [3.05, 3.63) is 35.4 Å². The Kier molecular flexibility index (Phi) is 7.43. The van der Waals surface area contributed by atoms with E-state index in [2.05, 4.69) is 29.7 Å². The number of urea groups is 1. The van der Waals surface area contributed by atoms with Gasteiger partial charge in [0.05, 0.1) is 12.5 Å². The highest BCUT2D eigenvalue weighted by Crippen LogP contribution is 2.22. The minimum atomic E-state index is -0.924. The molecule has 0 aliphatic heterocycles. The highest BCUT2D eigenvalue weighted by molar-refractivity contribution is 5.75. The van der Waals surface area contributed by atoms with Gasteiger partial charge in [-0.1, -0.05) is 51.5 Å². The lowest BCUT2D eigenvalue weighted by Gasteiger charge is -2.23. The number of rotatable bonds is 8. The number of carboxylic acid groups (broad SMARTS) is 1. The molecule has 0 aliphatic carbocycles. The molecule has 0 saturated heterocycles. The van der Waals surface area contributed by atoms with Gasteiger partial charge in [0, 0.05) is 6.54 Å². The summed E-state index contributed by atoms with van der Waals surface area (Å²) in [5, 5.41) is 14.1. The molecule has 122 valence electrons. The molecule has 0 aromatic heterocycles. The number of amides is 2. The van der Waals surface area contributed by atoms with Gasteiger partial charge in [0.15, 0.2) is 0 Å². The average molecular weight is 306 g/mol. The van der Waals surface area contributed by atoms with Crippen LogP contribution in [0.2, 0.25) is 0 Å². The fourth-order valence-electron chi connectivity index (χ4n) is 2.29. The van der Waals surface area contributed by atoms with E-state index in [-0.39, 0.29) is 31.0 Å². The molecule has 0 spiro atoms. The Bertz CT molecular complexity index is 483. The van der Waals surface area contributed by atoms with Crippen molar-refractivity contribution in [3.8, 4) is 0 Å². The monoisotopic (exact) mass is 306 g/mol. The van der Waals surface area contributed by atoms with Crippen LogP contribution >= 0.6 is 0 Å². The van der Waals surface area contributed by atoms with Crippen LogP contribution in [0.25, 0.3) is 0 Å². The summed E-state index contributed by atoms with van der Waals surface area (Å²) in [6.45, 7) is 6.36. The predicted molar refractivity (Wildman–Crippen MR) is 86.8 cm³/mol. The summed E-state index contributed by atoms with van der Waals surface area (Å²) in [7, 11) is 0. The number of nitrogens with one attached hydrogen (secondary N) is 2. The van der Waals surface area contributed by atoms with Gasteiger partial charge < -0.3 is 15.7 Å². The third-order valence-electron chi connectivity index (χ3n) is 3.46. The molecule has 2 amide bonds. The van der Waals surface area contributed by atoms with E-state index in [4.69, 9.17) is 5.11 Å². The van der Waals surface area contributed by atoms with E-state index < -0.39 is 5.97 Å². The Morgan fingerprint density at radius 2 is 1.82 bits per heavy atom. The van der Waals surface area contributed by atoms with Crippen molar-refractivity contribution in [2.45, 2.75) is 46.1 Å². The van der Waals surface area contributed by atoms with Crippen LogP contribution in [0.15, 0.2) is 24.3 Å². The van der Waals surface area contributed by atoms with E-state index in [9.17, 15) is 9.59 Å². The average Bonchev–Trinajstić information content (AvgIpc) is 2.45. The molecule has 1 rings (SSSR count). The highest BCUT2D eigenvalue weighted by atomic mass is 16.4. The first-order valence-corrected chi connectivity index (χ1v) is 7.79. The number of aliphatic carboxylic acids is 1. The van der Waals surface area contributed by atoms with Gasteiger partial charge in [-0.3, -0.25) is 4.79 Å². The second-order valence-electron chi connectivity index (χ2n) is 5.76. The van der Waals surface area contributed by atoms with E-state index in [1.54, 1.807) is 0 Å². The van der Waals surface area contributed by atoms with Crippen molar-refractivity contribution in [2.24, 2.45) is 5.92 Å². The number of carbonyl (C=O) groups excluding carboxylic acids is 1. The Labute approximate surface area is 132 Å². The Morgan fingerprint density at radius 1 is 1.18 bits per heavy atom. The second kappa shape index (κ2) is 9.07. The van der Waals surface area contributed by atoms with Crippen molar-refractivity contribution < 1.29 is 14.7 Å². The molecule has 0 fully saturated rings. The summed E-state index contributed by atoms with van der Waals surface area (Å²) < 4.78 is 0. The molecular formula is C17H26N2O3. The zero-order chi connectivity index (χ0) is 16.5. The lowest BCUT2D eigenvalue weighted by Crippen LogP contribution is -2.40. The largest absolute Gasteiger partial charge is 0.481 e. The van der Waals surface area contributed by atoms with E-state index >= 15 is 0 Å². The molecular weight excluding hydrogens is 280 g/mol. The van der Waals surface area contributed by atoms with Crippen molar-refractivity contribution in [2.75, 3.05) is 6.54 Å². The van der Waals surface area contributed by atoms with Crippen LogP contribution in [0, 0.1) is 5.92 Å². The number of carboxylic acids is 1. The maximum Gasteiger partial charge on any atom is 0.315 e. The molecule has 0 saturated carbocycles. The smallest absolute Gasteiger partial charge is 0.315 e. The fraction of sp³-hybridized carbons (Fsp3) is 0.529. The molecule has 5 heteroatoms. The van der Waals surface area contributed by atoms with Gasteiger partial charge in [-0.05, 0) is 23.5 Å². The zero-order valence-corrected chi connectivity index (χ0v) is 13.6. The van der Waals surface area contributed by atoms with Crippen molar-refractivity contribution in [3.63, 3.8) is 0 Å². The number of aryl methyl sites for hydroxylation is 1. The molecule has 0 bridgehead atoms. The standard InChI is InChI=1S/C17H26N2O3/c1-4-5-13-6-8-14(9-7-13)16(12(2)3)19-17(22)18-11-10-15(20)21/h6-9,12,16H,4-5,10-11H2,1-3H3,(H,20,21)(H2,18,19,22). The summed E-state index contributed by atoms with van der Waals surface area (Å²) in [6.07, 6.45) is 2.08. The quantitative estimate of drug-likeness (QED) is 0.690. The first-order valence-electron chi connectivity index (χ1n) is 7.79. The van der Waals surface area contributed by atoms with Crippen LogP contribution < -0.4 is 10.6 Å². The molecule has 1 aromatic rings. The minimum Gasteiger partial charge on any atom is -0.481 e. The first-order chi connectivity index (χ1) is 10.4. The van der Waals surface area contributed by atoms with E-state index in [1.807, 2.05) is 26.0 Å². The van der Waals surface area contributed by atoms with Crippen LogP contribution in [0.5, 0.6) is 0 Å². The van der Waals surface area contributed by atoms with Crippen LogP contribution in [-0.4, -0.2) is 23.7 Å². The molecule has 0 heterocycles. The first kappa shape index (κ1) is 18.0. The molecule has 1 atom stereocenters. The number of hydrogen-bond donors (Lipinski definition) is 3. The lowest BCUT2D eigenvalue weighted by atomic mass is 9.95. The van der Waals surface area contributed by atoms with E-state index in [0.29, 0.717) is 0 Å². The van der Waals surface area contributed by atoms with Crippen molar-refractivity contribution in [1.82, 2.24) is 10.6 Å². The van der Waals surface area contributed by atoms with Gasteiger partial charge in [-0.25, -0.2) is 4.79 Å². The van der Waals surface area contributed by atoms with E-state index in [1.165, 1.54) is 5.56 Å². The summed E-state index contributed by atoms with van der Waals surface area (Å²) in [5.74, 6) is -0.686. The van der Waals surface area contributed by atoms with Crippen LogP contribution in [-0.2, 0) is 11.2 Å². The number of benzene rings is 1. The summed E-state index contributed by atoms with van der Waals surface area (Å²) in [4.78, 5) is 22.3. The SMILES string of the molecule is CCCc1ccc(C(NC(=O)NCCC(=O)O)C(C)C)cc1. The topological polar surface area (TPSA) is 78.4 Å². The summed E-state index contributed by atoms with van der Waals surface area (Å²) in [6, 6.07) is 7.86. The van der Waals surface area contributed by atoms with Crippen molar-refractivity contribution >= 4 is 12.0 Å². The molecule has 22 heavy (non-hydrogen) atoms. The molecule has 1 unspecified atom stereocenters. The van der Waals surface area contributed by atoms with Crippen LogP contribution in [0.4, 0.5) is 4.79 Å². The van der Waals surface area contributed by atoms with Gasteiger partial charge in [0.1, 0.15) is 0 Å². The van der Waals surface area contributed by atoms with E-state index in [0.717, 1.165) is 18.4 Å².